The molecule has 5 aromatic carbocycles. The van der Waals surface area contributed by atoms with Crippen molar-refractivity contribution in [3.05, 3.63) is 96.1 Å². The molecule has 0 saturated carbocycles. The summed E-state index contributed by atoms with van der Waals surface area (Å²) in [5, 5.41) is 6.22. The smallest absolute Gasteiger partial charge is 0.234 e. The van der Waals surface area contributed by atoms with E-state index in [0.717, 1.165) is 32.3 Å². The number of carbonyl (C=O) groups excluding carboxylic acids is 2. The van der Waals surface area contributed by atoms with Gasteiger partial charge in [-0.25, -0.2) is 0 Å². The first-order valence-electron chi connectivity index (χ1n) is 8.54. The molecule has 5 rings (SSSR count). The molecule has 0 aliphatic carbocycles. The molecule has 0 aliphatic heterocycles. The second kappa shape index (κ2) is 5.50. The number of Topliss-reactive ketones (excluding diaryl/α,β-unsaturated/α-hetero) is 2. The van der Waals surface area contributed by atoms with E-state index in [1.165, 1.54) is 0 Å². The summed E-state index contributed by atoms with van der Waals surface area (Å²) >= 11 is 0. The zero-order valence-electron chi connectivity index (χ0n) is 13.9. The maximum Gasteiger partial charge on any atom is 0.234 e. The number of hydrogen-bond acceptors (Lipinski definition) is 2. The Balaban J connectivity index is 1.83. The fraction of sp³-hybridized carbons (Fsp3) is 0. The van der Waals surface area contributed by atoms with Crippen LogP contribution in [0.25, 0.3) is 32.3 Å². The van der Waals surface area contributed by atoms with Gasteiger partial charge in [0.15, 0.2) is 0 Å². The molecule has 0 fully saturated rings. The van der Waals surface area contributed by atoms with E-state index in [9.17, 15) is 9.59 Å². The van der Waals surface area contributed by atoms with Gasteiger partial charge < -0.3 is 0 Å². The lowest BCUT2D eigenvalue weighted by Crippen LogP contribution is -2.15. The second-order valence-electron chi connectivity index (χ2n) is 6.50. The van der Waals surface area contributed by atoms with Crippen LogP contribution in [-0.2, 0) is 0 Å². The van der Waals surface area contributed by atoms with Crippen molar-refractivity contribution in [3.8, 4) is 0 Å². The molecule has 26 heavy (non-hydrogen) atoms. The molecule has 0 aromatic heterocycles. The molecule has 0 unspecified atom stereocenters. The highest BCUT2D eigenvalue weighted by atomic mass is 16.2. The summed E-state index contributed by atoms with van der Waals surface area (Å²) in [5.74, 6) is -0.935. The van der Waals surface area contributed by atoms with E-state index >= 15 is 0 Å². The highest BCUT2D eigenvalue weighted by Crippen LogP contribution is 2.36. The molecule has 0 heterocycles. The molecule has 2 heteroatoms. The molecule has 0 radical (unpaired) electrons. The summed E-state index contributed by atoms with van der Waals surface area (Å²) in [7, 11) is 0. The fourth-order valence-electron chi connectivity index (χ4n) is 3.79. The normalized spacial score (nSPS) is 11.4. The molecule has 0 amide bonds. The summed E-state index contributed by atoms with van der Waals surface area (Å²) in [5.41, 5.74) is 0.887. The van der Waals surface area contributed by atoms with Crippen molar-refractivity contribution in [1.82, 2.24) is 0 Å². The van der Waals surface area contributed by atoms with Gasteiger partial charge >= 0.3 is 0 Å². The van der Waals surface area contributed by atoms with Crippen LogP contribution >= 0.6 is 0 Å². The van der Waals surface area contributed by atoms with E-state index in [0.29, 0.717) is 11.1 Å². The van der Waals surface area contributed by atoms with Crippen LogP contribution in [-0.4, -0.2) is 11.6 Å². The summed E-state index contributed by atoms with van der Waals surface area (Å²) < 4.78 is 0. The largest absolute Gasteiger partial charge is 0.285 e. The molecule has 5 aromatic rings. The monoisotopic (exact) mass is 334 g/mol. The van der Waals surface area contributed by atoms with Crippen LogP contribution in [0.1, 0.15) is 20.7 Å². The van der Waals surface area contributed by atoms with Gasteiger partial charge in [0.2, 0.25) is 11.6 Å². The minimum absolute atomic E-state index is 0.419. The van der Waals surface area contributed by atoms with Gasteiger partial charge in [-0.1, -0.05) is 78.9 Å². The third kappa shape index (κ3) is 2.06. The van der Waals surface area contributed by atoms with Crippen molar-refractivity contribution in [2.75, 3.05) is 0 Å². The predicted octanol–water partition coefficient (Wildman–Crippen LogP) is 5.65. The number of benzene rings is 5. The van der Waals surface area contributed by atoms with Crippen LogP contribution in [0.3, 0.4) is 0 Å². The Morgan fingerprint density at radius 1 is 0.538 bits per heavy atom. The summed E-state index contributed by atoms with van der Waals surface area (Å²) in [6.07, 6.45) is 0. The summed E-state index contributed by atoms with van der Waals surface area (Å²) in [6.45, 7) is 0. The van der Waals surface area contributed by atoms with Crippen molar-refractivity contribution in [3.63, 3.8) is 0 Å². The molecule has 0 bridgehead atoms. The lowest BCUT2D eigenvalue weighted by Gasteiger charge is -2.13. The topological polar surface area (TPSA) is 34.1 Å². The maximum absolute atomic E-state index is 13.0. The third-order valence-corrected chi connectivity index (χ3v) is 4.99. The zero-order chi connectivity index (χ0) is 17.7. The first-order valence-corrected chi connectivity index (χ1v) is 8.54. The first kappa shape index (κ1) is 14.8. The summed E-state index contributed by atoms with van der Waals surface area (Å²) in [4.78, 5) is 25.8. The molecule has 0 atom stereocenters. The third-order valence-electron chi connectivity index (χ3n) is 4.99. The Labute approximate surface area is 150 Å². The zero-order valence-corrected chi connectivity index (χ0v) is 13.9. The second-order valence-corrected chi connectivity index (χ2v) is 6.50. The van der Waals surface area contributed by atoms with Crippen LogP contribution in [0.5, 0.6) is 0 Å². The van der Waals surface area contributed by atoms with E-state index in [-0.39, 0.29) is 0 Å². The lowest BCUT2D eigenvalue weighted by atomic mass is 9.89. The number of hydrogen-bond donors (Lipinski definition) is 0. The molecule has 2 nitrogen and oxygen atoms in total. The van der Waals surface area contributed by atoms with Crippen LogP contribution in [0.15, 0.2) is 84.9 Å². The Bertz CT molecular complexity index is 1300. The van der Waals surface area contributed by atoms with Crippen LogP contribution in [0.2, 0.25) is 0 Å². The Morgan fingerprint density at radius 2 is 1.19 bits per heavy atom. The van der Waals surface area contributed by atoms with Crippen LogP contribution in [0, 0.1) is 0 Å². The molecule has 0 spiro atoms. The van der Waals surface area contributed by atoms with Gasteiger partial charge in [-0.15, -0.1) is 0 Å². The van der Waals surface area contributed by atoms with E-state index in [2.05, 4.69) is 18.2 Å². The van der Waals surface area contributed by atoms with E-state index in [4.69, 9.17) is 0 Å². The number of carbonyl (C=O) groups is 2. The standard InChI is InChI=1S/C24H14O2/c25-23(17-6-2-1-3-7-17)24(26)20-14-18-10-4-8-15-12-13-16-9-5-11-19(20)22(16)21(15)18/h1-14H. The van der Waals surface area contributed by atoms with Gasteiger partial charge in [-0.2, -0.15) is 0 Å². The van der Waals surface area contributed by atoms with Gasteiger partial charge in [-0.3, -0.25) is 9.59 Å². The summed E-state index contributed by atoms with van der Waals surface area (Å²) in [6, 6.07) is 26.7. The van der Waals surface area contributed by atoms with Gasteiger partial charge in [0.25, 0.3) is 0 Å². The van der Waals surface area contributed by atoms with E-state index in [1.807, 2.05) is 42.5 Å². The lowest BCUT2D eigenvalue weighted by molar-refractivity contribution is 0.0818. The van der Waals surface area contributed by atoms with Gasteiger partial charge in [0.05, 0.1) is 0 Å². The quantitative estimate of drug-likeness (QED) is 0.243. The molecule has 0 N–H and O–H groups in total. The predicted molar refractivity (Wildman–Crippen MR) is 105 cm³/mol. The average Bonchev–Trinajstić information content (AvgIpc) is 2.71. The maximum atomic E-state index is 13.0. The van der Waals surface area contributed by atoms with E-state index < -0.39 is 11.6 Å². The average molecular weight is 334 g/mol. The highest BCUT2D eigenvalue weighted by Gasteiger charge is 2.22. The van der Waals surface area contributed by atoms with Crippen LogP contribution < -0.4 is 0 Å². The highest BCUT2D eigenvalue weighted by molar-refractivity contribution is 6.51. The molecule has 0 saturated heterocycles. The van der Waals surface area contributed by atoms with Crippen molar-refractivity contribution >= 4 is 43.9 Å². The number of rotatable bonds is 3. The Morgan fingerprint density at radius 3 is 1.96 bits per heavy atom. The van der Waals surface area contributed by atoms with Crippen molar-refractivity contribution in [1.29, 1.82) is 0 Å². The van der Waals surface area contributed by atoms with Crippen molar-refractivity contribution in [2.45, 2.75) is 0 Å². The first-order chi connectivity index (χ1) is 12.7. The van der Waals surface area contributed by atoms with Gasteiger partial charge in [-0.05, 0) is 38.4 Å². The Kier molecular flexibility index (Phi) is 3.13. The van der Waals surface area contributed by atoms with Crippen molar-refractivity contribution < 1.29 is 9.59 Å². The van der Waals surface area contributed by atoms with Crippen molar-refractivity contribution in [2.24, 2.45) is 0 Å². The molecule has 0 aliphatic rings. The SMILES string of the molecule is O=C(C(=O)c1cc2cccc3ccc4cccc1c4c32)c1ccccc1. The fourth-order valence-corrected chi connectivity index (χ4v) is 3.79. The molecular formula is C24H14O2. The minimum Gasteiger partial charge on any atom is -0.285 e. The Hall–Kier alpha value is -3.52. The van der Waals surface area contributed by atoms with Gasteiger partial charge in [0.1, 0.15) is 0 Å². The molecule has 122 valence electrons. The number of ketones is 2. The van der Waals surface area contributed by atoms with Gasteiger partial charge in [0, 0.05) is 11.1 Å². The van der Waals surface area contributed by atoms with Crippen LogP contribution in [0.4, 0.5) is 0 Å². The minimum atomic E-state index is -0.472. The van der Waals surface area contributed by atoms with E-state index in [1.54, 1.807) is 24.3 Å². The molecular weight excluding hydrogens is 320 g/mol.